The number of thiophene rings is 1. The summed E-state index contributed by atoms with van der Waals surface area (Å²) in [6.07, 6.45) is 0. The Morgan fingerprint density at radius 1 is 0.923 bits per heavy atom. The van der Waals surface area contributed by atoms with Crippen molar-refractivity contribution in [2.24, 2.45) is 0 Å². The fraction of sp³-hybridized carbons (Fsp3) is 0. The van der Waals surface area contributed by atoms with Crippen molar-refractivity contribution in [2.75, 3.05) is 5.32 Å². The van der Waals surface area contributed by atoms with Gasteiger partial charge in [0, 0.05) is 16.0 Å². The first kappa shape index (κ1) is 18.7. The van der Waals surface area contributed by atoms with Crippen LogP contribution in [0.15, 0.2) is 47.8 Å². The van der Waals surface area contributed by atoms with Crippen LogP contribution in [-0.4, -0.2) is 17.0 Å². The molecule has 0 saturated heterocycles. The number of halogens is 3. The lowest BCUT2D eigenvalue weighted by molar-refractivity contribution is 0.0699. The Balaban J connectivity index is 2.00. The van der Waals surface area contributed by atoms with E-state index < -0.39 is 11.9 Å². The fourth-order valence-electron chi connectivity index (χ4n) is 2.38. The highest BCUT2D eigenvalue weighted by atomic mass is 35.5. The number of hydrogen-bond acceptors (Lipinski definition) is 3. The van der Waals surface area contributed by atoms with Gasteiger partial charge in [0.2, 0.25) is 0 Å². The van der Waals surface area contributed by atoms with E-state index in [0.29, 0.717) is 16.1 Å². The quantitative estimate of drug-likeness (QED) is 0.512. The number of aromatic carboxylic acids is 1. The predicted molar refractivity (Wildman–Crippen MR) is 106 cm³/mol. The first-order chi connectivity index (χ1) is 12.4. The molecule has 0 bridgehead atoms. The van der Waals surface area contributed by atoms with Crippen molar-refractivity contribution < 1.29 is 14.7 Å². The molecule has 0 atom stereocenters. The topological polar surface area (TPSA) is 66.4 Å². The number of carboxylic acid groups (broad SMARTS) is 1. The molecule has 2 N–H and O–H groups in total. The zero-order chi connectivity index (χ0) is 18.8. The van der Waals surface area contributed by atoms with Crippen molar-refractivity contribution in [1.29, 1.82) is 0 Å². The van der Waals surface area contributed by atoms with Crippen LogP contribution in [-0.2, 0) is 0 Å². The lowest BCUT2D eigenvalue weighted by atomic mass is 10.0. The van der Waals surface area contributed by atoms with Crippen LogP contribution < -0.4 is 5.32 Å². The second kappa shape index (κ2) is 7.68. The van der Waals surface area contributed by atoms with E-state index in [1.165, 1.54) is 12.1 Å². The molecular formula is C18H10Cl3NO3S. The number of carbonyl (C=O) groups excluding carboxylic acids is 1. The number of carboxylic acids is 1. The second-order valence-corrected chi connectivity index (χ2v) is 7.35. The molecule has 3 aromatic rings. The molecule has 3 rings (SSSR count). The van der Waals surface area contributed by atoms with Gasteiger partial charge in [-0.2, -0.15) is 0 Å². The minimum Gasteiger partial charge on any atom is -0.478 e. The smallest absolute Gasteiger partial charge is 0.339 e. The number of nitrogens with one attached hydrogen (secondary N) is 1. The molecule has 4 nitrogen and oxygen atoms in total. The van der Waals surface area contributed by atoms with Gasteiger partial charge in [-0.15, -0.1) is 11.3 Å². The van der Waals surface area contributed by atoms with Gasteiger partial charge < -0.3 is 10.4 Å². The maximum atomic E-state index is 12.5. The van der Waals surface area contributed by atoms with Gasteiger partial charge in [-0.1, -0.05) is 53.0 Å². The lowest BCUT2D eigenvalue weighted by Gasteiger charge is -2.08. The van der Waals surface area contributed by atoms with E-state index in [4.69, 9.17) is 34.8 Å². The summed E-state index contributed by atoms with van der Waals surface area (Å²) in [5.41, 5.74) is 1.25. The fourth-order valence-corrected chi connectivity index (χ4v) is 4.04. The second-order valence-electron chi connectivity index (χ2n) is 5.22. The SMILES string of the molecule is O=C(Nc1scc(-c2ccc(Cl)cc2)c1C(=O)O)c1c(Cl)cccc1Cl. The Kier molecular flexibility index (Phi) is 5.53. The minimum absolute atomic E-state index is 0.00570. The summed E-state index contributed by atoms with van der Waals surface area (Å²) >= 11 is 19.1. The van der Waals surface area contributed by atoms with Crippen molar-refractivity contribution >= 4 is 63.0 Å². The van der Waals surface area contributed by atoms with E-state index in [0.717, 1.165) is 11.3 Å². The Bertz CT molecular complexity index is 979. The average Bonchev–Trinajstić information content (AvgIpc) is 2.99. The van der Waals surface area contributed by atoms with Crippen LogP contribution in [0.25, 0.3) is 11.1 Å². The summed E-state index contributed by atoms with van der Waals surface area (Å²) in [6, 6.07) is 11.5. The van der Waals surface area contributed by atoms with Crippen LogP contribution in [0.2, 0.25) is 15.1 Å². The van der Waals surface area contributed by atoms with Crippen molar-refractivity contribution in [3.05, 3.63) is 74.0 Å². The van der Waals surface area contributed by atoms with Gasteiger partial charge in [0.05, 0.1) is 15.6 Å². The molecular weight excluding hydrogens is 417 g/mol. The van der Waals surface area contributed by atoms with Crippen LogP contribution in [0.3, 0.4) is 0 Å². The van der Waals surface area contributed by atoms with Gasteiger partial charge in [-0.25, -0.2) is 4.79 Å². The van der Waals surface area contributed by atoms with E-state index in [9.17, 15) is 14.7 Å². The predicted octanol–water partition coefficient (Wildman–Crippen LogP) is 6.33. The summed E-state index contributed by atoms with van der Waals surface area (Å²) < 4.78 is 0. The molecule has 1 aromatic heterocycles. The molecule has 0 aliphatic rings. The van der Waals surface area contributed by atoms with E-state index in [2.05, 4.69) is 5.32 Å². The van der Waals surface area contributed by atoms with Crippen LogP contribution >= 0.6 is 46.1 Å². The molecule has 0 saturated carbocycles. The molecule has 0 fully saturated rings. The summed E-state index contributed by atoms with van der Waals surface area (Å²) in [4.78, 5) is 24.3. The highest BCUT2D eigenvalue weighted by molar-refractivity contribution is 7.15. The Morgan fingerprint density at radius 3 is 2.12 bits per heavy atom. The van der Waals surface area contributed by atoms with Crippen LogP contribution in [0.5, 0.6) is 0 Å². The lowest BCUT2D eigenvalue weighted by Crippen LogP contribution is -2.14. The molecule has 0 aliphatic heterocycles. The third-order valence-corrected chi connectivity index (χ3v) is 5.35. The van der Waals surface area contributed by atoms with Gasteiger partial charge in [-0.05, 0) is 29.8 Å². The van der Waals surface area contributed by atoms with Crippen molar-refractivity contribution in [2.45, 2.75) is 0 Å². The van der Waals surface area contributed by atoms with Gasteiger partial charge in [0.15, 0.2) is 0 Å². The molecule has 0 radical (unpaired) electrons. The number of carbonyl (C=O) groups is 2. The van der Waals surface area contributed by atoms with Crippen LogP contribution in [0.1, 0.15) is 20.7 Å². The number of rotatable bonds is 4. The van der Waals surface area contributed by atoms with Crippen molar-refractivity contribution in [3.8, 4) is 11.1 Å². The van der Waals surface area contributed by atoms with Gasteiger partial charge in [-0.3, -0.25) is 4.79 Å². The van der Waals surface area contributed by atoms with Gasteiger partial charge in [0.25, 0.3) is 5.91 Å². The molecule has 8 heteroatoms. The summed E-state index contributed by atoms with van der Waals surface area (Å²) in [5.74, 6) is -1.73. The monoisotopic (exact) mass is 425 g/mol. The Labute approximate surface area is 167 Å². The Hall–Kier alpha value is -2.05. The first-order valence-electron chi connectivity index (χ1n) is 7.24. The highest BCUT2D eigenvalue weighted by Crippen LogP contribution is 2.37. The zero-order valence-electron chi connectivity index (χ0n) is 12.9. The molecule has 0 unspecified atom stereocenters. The molecule has 1 amide bonds. The average molecular weight is 427 g/mol. The van der Waals surface area contributed by atoms with Crippen molar-refractivity contribution in [1.82, 2.24) is 0 Å². The van der Waals surface area contributed by atoms with E-state index in [1.54, 1.807) is 35.7 Å². The maximum absolute atomic E-state index is 12.5. The summed E-state index contributed by atoms with van der Waals surface area (Å²) in [5, 5.41) is 15.0. The third kappa shape index (κ3) is 3.71. The number of hydrogen-bond donors (Lipinski definition) is 2. The molecule has 0 aliphatic carbocycles. The normalized spacial score (nSPS) is 10.6. The minimum atomic E-state index is -1.16. The van der Waals surface area contributed by atoms with Crippen LogP contribution in [0, 0.1) is 0 Å². The highest BCUT2D eigenvalue weighted by Gasteiger charge is 2.23. The standard InChI is InChI=1S/C18H10Cl3NO3S/c19-10-6-4-9(5-7-10)11-8-26-17(14(11)18(24)25)22-16(23)15-12(20)2-1-3-13(15)21/h1-8H,(H,22,23)(H,24,25). The molecule has 26 heavy (non-hydrogen) atoms. The number of amides is 1. The molecule has 1 heterocycles. The number of anilines is 1. The van der Waals surface area contributed by atoms with Gasteiger partial charge in [0.1, 0.15) is 10.6 Å². The zero-order valence-corrected chi connectivity index (χ0v) is 16.0. The van der Waals surface area contributed by atoms with E-state index >= 15 is 0 Å². The largest absolute Gasteiger partial charge is 0.478 e. The van der Waals surface area contributed by atoms with Gasteiger partial charge >= 0.3 is 5.97 Å². The molecule has 132 valence electrons. The maximum Gasteiger partial charge on any atom is 0.339 e. The van der Waals surface area contributed by atoms with Crippen molar-refractivity contribution in [3.63, 3.8) is 0 Å². The Morgan fingerprint density at radius 2 is 1.54 bits per heavy atom. The third-order valence-electron chi connectivity index (χ3n) is 3.58. The van der Waals surface area contributed by atoms with E-state index in [1.807, 2.05) is 0 Å². The van der Waals surface area contributed by atoms with E-state index in [-0.39, 0.29) is 26.2 Å². The molecule has 0 spiro atoms. The summed E-state index contributed by atoms with van der Waals surface area (Å²) in [7, 11) is 0. The van der Waals surface area contributed by atoms with Crippen LogP contribution in [0.4, 0.5) is 5.00 Å². The first-order valence-corrected chi connectivity index (χ1v) is 9.26. The summed E-state index contributed by atoms with van der Waals surface area (Å²) in [6.45, 7) is 0. The number of benzene rings is 2. The molecule has 2 aromatic carbocycles.